The number of hydrogen-bond donors (Lipinski definition) is 1. The summed E-state index contributed by atoms with van der Waals surface area (Å²) in [4.78, 5) is 23.5. The molecule has 2 rings (SSSR count). The summed E-state index contributed by atoms with van der Waals surface area (Å²) < 4.78 is 29.1. The van der Waals surface area contributed by atoms with Crippen LogP contribution < -0.4 is 5.32 Å². The zero-order valence-corrected chi connectivity index (χ0v) is 15.6. The summed E-state index contributed by atoms with van der Waals surface area (Å²) in [7, 11) is -3.62. The van der Waals surface area contributed by atoms with Gasteiger partial charge in [-0.1, -0.05) is 29.3 Å². The van der Waals surface area contributed by atoms with E-state index in [0.717, 1.165) is 5.56 Å². The van der Waals surface area contributed by atoms with Crippen LogP contribution in [0.3, 0.4) is 0 Å². The summed E-state index contributed by atoms with van der Waals surface area (Å²) in [6.45, 7) is 1.44. The van der Waals surface area contributed by atoms with Crippen molar-refractivity contribution in [1.29, 1.82) is 0 Å². The largest absolute Gasteiger partial charge is 0.456 e. The molecule has 0 heterocycles. The molecule has 2 aromatic carbocycles. The average molecular weight is 396 g/mol. The predicted octanol–water partition coefficient (Wildman–Crippen LogP) is 2.99. The van der Waals surface area contributed by atoms with Gasteiger partial charge in [-0.05, 0) is 43.3 Å². The molecule has 0 unspecified atom stereocenters. The third kappa shape index (κ3) is 6.16. The lowest BCUT2D eigenvalue weighted by molar-refractivity contribution is -0.146. The number of aryl methyl sites for hydroxylation is 1. The number of amides is 1. The number of ether oxygens (including phenoxy) is 1. The number of anilines is 1. The highest BCUT2D eigenvalue weighted by molar-refractivity contribution is 7.91. The van der Waals surface area contributed by atoms with Crippen molar-refractivity contribution < 1.29 is 22.7 Å². The molecule has 0 aromatic heterocycles. The van der Waals surface area contributed by atoms with Gasteiger partial charge in [-0.2, -0.15) is 0 Å². The van der Waals surface area contributed by atoms with Crippen LogP contribution in [-0.4, -0.2) is 32.7 Å². The second kappa shape index (κ2) is 8.82. The van der Waals surface area contributed by atoms with Crippen LogP contribution in [0.1, 0.15) is 12.0 Å². The maximum Gasteiger partial charge on any atom is 0.307 e. The molecule has 138 valence electrons. The number of rotatable bonds is 7. The Morgan fingerprint density at radius 3 is 2.27 bits per heavy atom. The Morgan fingerprint density at radius 1 is 1.04 bits per heavy atom. The Hall–Kier alpha value is -2.38. The lowest BCUT2D eigenvalue weighted by atomic mass is 10.2. The van der Waals surface area contributed by atoms with Crippen LogP contribution in [0.4, 0.5) is 5.69 Å². The topological polar surface area (TPSA) is 89.5 Å². The summed E-state index contributed by atoms with van der Waals surface area (Å²) in [6, 6.07) is 12.8. The maximum atomic E-state index is 12.1. The van der Waals surface area contributed by atoms with Crippen molar-refractivity contribution in [2.45, 2.75) is 18.2 Å². The van der Waals surface area contributed by atoms with E-state index in [1.54, 1.807) is 12.1 Å². The number of sulfone groups is 1. The highest BCUT2D eigenvalue weighted by atomic mass is 35.5. The molecule has 6 nitrogen and oxygen atoms in total. The van der Waals surface area contributed by atoms with Gasteiger partial charge in [0, 0.05) is 10.7 Å². The van der Waals surface area contributed by atoms with Crippen molar-refractivity contribution in [3.05, 3.63) is 59.1 Å². The minimum atomic E-state index is -3.62. The van der Waals surface area contributed by atoms with Gasteiger partial charge < -0.3 is 10.1 Å². The second-order valence-electron chi connectivity index (χ2n) is 5.60. The molecule has 8 heteroatoms. The van der Waals surface area contributed by atoms with E-state index < -0.39 is 34.1 Å². The van der Waals surface area contributed by atoms with Gasteiger partial charge in [-0.25, -0.2) is 8.42 Å². The molecule has 0 aliphatic rings. The quantitative estimate of drug-likeness (QED) is 0.728. The molecule has 0 fully saturated rings. The number of esters is 1. The van der Waals surface area contributed by atoms with Crippen molar-refractivity contribution in [2.75, 3.05) is 17.7 Å². The average Bonchev–Trinajstić information content (AvgIpc) is 2.61. The van der Waals surface area contributed by atoms with Gasteiger partial charge in [0.25, 0.3) is 5.91 Å². The van der Waals surface area contributed by atoms with Gasteiger partial charge in [0.2, 0.25) is 0 Å². The van der Waals surface area contributed by atoms with E-state index in [2.05, 4.69) is 5.32 Å². The normalized spacial score (nSPS) is 11.0. The number of carbonyl (C=O) groups excluding carboxylic acids is 2. The minimum Gasteiger partial charge on any atom is -0.456 e. The Labute approximate surface area is 157 Å². The summed E-state index contributed by atoms with van der Waals surface area (Å²) in [5.74, 6) is -1.67. The molecule has 0 atom stereocenters. The summed E-state index contributed by atoms with van der Waals surface area (Å²) in [5.41, 5.74) is 1.64. The Morgan fingerprint density at radius 2 is 1.65 bits per heavy atom. The first-order chi connectivity index (χ1) is 12.3. The number of carbonyl (C=O) groups is 2. The molecule has 0 spiro atoms. The van der Waals surface area contributed by atoms with Crippen LogP contribution in [0.5, 0.6) is 0 Å². The molecular formula is C18H18ClNO5S. The fourth-order valence-corrected chi connectivity index (χ4v) is 3.38. The van der Waals surface area contributed by atoms with Crippen LogP contribution in [0, 0.1) is 6.92 Å². The molecule has 0 bridgehead atoms. The second-order valence-corrected chi connectivity index (χ2v) is 8.14. The van der Waals surface area contributed by atoms with E-state index >= 15 is 0 Å². The van der Waals surface area contributed by atoms with E-state index in [1.807, 2.05) is 19.1 Å². The summed E-state index contributed by atoms with van der Waals surface area (Å²) >= 11 is 5.72. The van der Waals surface area contributed by atoms with Crippen molar-refractivity contribution in [3.8, 4) is 0 Å². The fraction of sp³-hybridized carbons (Fsp3) is 0.222. The zero-order chi connectivity index (χ0) is 19.2. The highest BCUT2D eigenvalue weighted by Crippen LogP contribution is 2.16. The smallest absolute Gasteiger partial charge is 0.307 e. The van der Waals surface area contributed by atoms with Crippen LogP contribution in [-0.2, 0) is 24.2 Å². The SMILES string of the molecule is Cc1ccc(NC(=O)COC(=O)CCS(=O)(=O)c2ccc(Cl)cc2)cc1. The summed E-state index contributed by atoms with van der Waals surface area (Å²) in [6.07, 6.45) is -0.344. The molecule has 0 aliphatic heterocycles. The third-order valence-corrected chi connectivity index (χ3v) is 5.43. The number of halogens is 1. The first kappa shape index (κ1) is 19.9. The van der Waals surface area contributed by atoms with Crippen LogP contribution in [0.2, 0.25) is 5.02 Å². The van der Waals surface area contributed by atoms with Gasteiger partial charge in [-0.15, -0.1) is 0 Å². The Balaban J connectivity index is 1.78. The van der Waals surface area contributed by atoms with E-state index in [4.69, 9.17) is 16.3 Å². The molecule has 0 saturated carbocycles. The van der Waals surface area contributed by atoms with Crippen molar-refractivity contribution in [2.24, 2.45) is 0 Å². The van der Waals surface area contributed by atoms with E-state index in [9.17, 15) is 18.0 Å². The molecule has 2 aromatic rings. The molecule has 26 heavy (non-hydrogen) atoms. The lowest BCUT2D eigenvalue weighted by Crippen LogP contribution is -2.22. The van der Waals surface area contributed by atoms with E-state index in [1.165, 1.54) is 24.3 Å². The lowest BCUT2D eigenvalue weighted by Gasteiger charge is -2.07. The summed E-state index contributed by atoms with van der Waals surface area (Å²) in [5, 5.41) is 3.00. The molecule has 0 aliphatic carbocycles. The van der Waals surface area contributed by atoms with Crippen LogP contribution in [0.15, 0.2) is 53.4 Å². The molecule has 1 amide bonds. The van der Waals surface area contributed by atoms with Gasteiger partial charge >= 0.3 is 5.97 Å². The number of hydrogen-bond acceptors (Lipinski definition) is 5. The Kier molecular flexibility index (Phi) is 6.76. The van der Waals surface area contributed by atoms with E-state index in [-0.39, 0.29) is 11.3 Å². The van der Waals surface area contributed by atoms with Crippen LogP contribution >= 0.6 is 11.6 Å². The van der Waals surface area contributed by atoms with Crippen molar-refractivity contribution >= 4 is 39.0 Å². The maximum absolute atomic E-state index is 12.1. The zero-order valence-electron chi connectivity index (χ0n) is 14.1. The van der Waals surface area contributed by atoms with Gasteiger partial charge in [-0.3, -0.25) is 9.59 Å². The minimum absolute atomic E-state index is 0.0758. The monoisotopic (exact) mass is 395 g/mol. The van der Waals surface area contributed by atoms with E-state index in [0.29, 0.717) is 10.7 Å². The molecule has 0 radical (unpaired) electrons. The fourth-order valence-electron chi connectivity index (χ4n) is 2.03. The first-order valence-corrected chi connectivity index (χ1v) is 9.80. The van der Waals surface area contributed by atoms with Gasteiger partial charge in [0.05, 0.1) is 17.1 Å². The van der Waals surface area contributed by atoms with Crippen molar-refractivity contribution in [1.82, 2.24) is 0 Å². The van der Waals surface area contributed by atoms with Crippen LogP contribution in [0.25, 0.3) is 0 Å². The molecular weight excluding hydrogens is 378 g/mol. The molecule has 0 saturated heterocycles. The first-order valence-electron chi connectivity index (χ1n) is 7.77. The number of benzene rings is 2. The highest BCUT2D eigenvalue weighted by Gasteiger charge is 2.17. The van der Waals surface area contributed by atoms with Gasteiger partial charge in [0.1, 0.15) is 0 Å². The number of nitrogens with one attached hydrogen (secondary N) is 1. The Bertz CT molecular complexity index is 877. The predicted molar refractivity (Wildman–Crippen MR) is 98.9 cm³/mol. The molecule has 1 N–H and O–H groups in total. The van der Waals surface area contributed by atoms with Crippen molar-refractivity contribution in [3.63, 3.8) is 0 Å². The third-order valence-electron chi connectivity index (χ3n) is 3.45. The van der Waals surface area contributed by atoms with Gasteiger partial charge in [0.15, 0.2) is 16.4 Å². The standard InChI is InChI=1S/C18H18ClNO5S/c1-13-2-6-15(7-3-13)20-17(21)12-25-18(22)10-11-26(23,24)16-8-4-14(19)5-9-16/h2-9H,10-12H2,1H3,(H,20,21).